The average molecular weight is 318 g/mol. The summed E-state index contributed by atoms with van der Waals surface area (Å²) in [7, 11) is -1.82. The Morgan fingerprint density at radius 1 is 1.05 bits per heavy atom. The molecule has 0 bridgehead atoms. The van der Waals surface area contributed by atoms with Gasteiger partial charge in [0.05, 0.1) is 11.0 Å². The highest BCUT2D eigenvalue weighted by molar-refractivity contribution is 7.92. The van der Waals surface area contributed by atoms with E-state index in [1.54, 1.807) is 49.6 Å². The van der Waals surface area contributed by atoms with Gasteiger partial charge in [0.25, 0.3) is 10.0 Å². The van der Waals surface area contributed by atoms with Crippen molar-refractivity contribution in [3.63, 3.8) is 0 Å². The molecule has 0 amide bonds. The van der Waals surface area contributed by atoms with Gasteiger partial charge in [0, 0.05) is 31.6 Å². The maximum Gasteiger partial charge on any atom is 0.261 e. The van der Waals surface area contributed by atoms with Crippen LogP contribution in [-0.4, -0.2) is 34.7 Å². The van der Waals surface area contributed by atoms with Crippen molar-refractivity contribution < 1.29 is 13.2 Å². The van der Waals surface area contributed by atoms with Crippen LogP contribution < -0.4 is 9.62 Å². The second-order valence-electron chi connectivity index (χ2n) is 5.23. The normalized spacial score (nSPS) is 15.4. The molecule has 2 aromatic carbocycles. The SMILES string of the molecule is COC1CN(c2ccc(NS(=O)(=O)c3ccccc3)cc2)C1. The highest BCUT2D eigenvalue weighted by Gasteiger charge is 2.26. The summed E-state index contributed by atoms with van der Waals surface area (Å²) >= 11 is 0. The molecule has 2 aromatic rings. The number of nitrogens with one attached hydrogen (secondary N) is 1. The van der Waals surface area contributed by atoms with Crippen LogP contribution in [0.2, 0.25) is 0 Å². The minimum Gasteiger partial charge on any atom is -0.378 e. The predicted molar refractivity (Wildman–Crippen MR) is 86.7 cm³/mol. The zero-order valence-electron chi connectivity index (χ0n) is 12.3. The topological polar surface area (TPSA) is 58.6 Å². The van der Waals surface area contributed by atoms with Gasteiger partial charge in [0.15, 0.2) is 0 Å². The first kappa shape index (κ1) is 14.9. The van der Waals surface area contributed by atoms with E-state index in [0.29, 0.717) is 5.69 Å². The number of benzene rings is 2. The number of ether oxygens (including phenoxy) is 1. The Labute approximate surface area is 130 Å². The molecule has 0 saturated carbocycles. The van der Waals surface area contributed by atoms with E-state index in [0.717, 1.165) is 18.8 Å². The van der Waals surface area contributed by atoms with Crippen LogP contribution in [0.5, 0.6) is 0 Å². The first-order valence-electron chi connectivity index (χ1n) is 7.04. The second-order valence-corrected chi connectivity index (χ2v) is 6.91. The summed E-state index contributed by atoms with van der Waals surface area (Å²) in [6.45, 7) is 1.73. The molecular weight excluding hydrogens is 300 g/mol. The molecule has 1 fully saturated rings. The van der Waals surface area contributed by atoms with Crippen molar-refractivity contribution in [1.29, 1.82) is 0 Å². The molecule has 1 saturated heterocycles. The first-order chi connectivity index (χ1) is 10.6. The van der Waals surface area contributed by atoms with Crippen molar-refractivity contribution in [3.05, 3.63) is 54.6 Å². The number of hydrogen-bond donors (Lipinski definition) is 1. The minimum atomic E-state index is -3.53. The van der Waals surface area contributed by atoms with E-state index >= 15 is 0 Å². The molecule has 0 radical (unpaired) electrons. The third-order valence-corrected chi connectivity index (χ3v) is 5.12. The van der Waals surface area contributed by atoms with E-state index in [9.17, 15) is 8.42 Å². The summed E-state index contributed by atoms with van der Waals surface area (Å²) in [4.78, 5) is 2.44. The maximum absolute atomic E-state index is 12.2. The highest BCUT2D eigenvalue weighted by atomic mass is 32.2. The highest BCUT2D eigenvalue weighted by Crippen LogP contribution is 2.24. The Balaban J connectivity index is 1.69. The zero-order valence-corrected chi connectivity index (χ0v) is 13.1. The number of anilines is 2. The Hall–Kier alpha value is -2.05. The van der Waals surface area contributed by atoms with Crippen molar-refractivity contribution in [3.8, 4) is 0 Å². The fraction of sp³-hybridized carbons (Fsp3) is 0.250. The molecule has 22 heavy (non-hydrogen) atoms. The third kappa shape index (κ3) is 3.08. The van der Waals surface area contributed by atoms with Crippen molar-refractivity contribution in [2.75, 3.05) is 29.8 Å². The zero-order chi connectivity index (χ0) is 15.6. The second kappa shape index (κ2) is 5.98. The van der Waals surface area contributed by atoms with Gasteiger partial charge in [-0.15, -0.1) is 0 Å². The quantitative estimate of drug-likeness (QED) is 0.919. The molecule has 1 aliphatic rings. The summed E-state index contributed by atoms with van der Waals surface area (Å²) in [5.74, 6) is 0. The Morgan fingerprint density at radius 2 is 1.68 bits per heavy atom. The van der Waals surface area contributed by atoms with Gasteiger partial charge in [-0.3, -0.25) is 4.72 Å². The average Bonchev–Trinajstić information content (AvgIpc) is 2.48. The van der Waals surface area contributed by atoms with E-state index in [-0.39, 0.29) is 11.0 Å². The molecule has 0 atom stereocenters. The van der Waals surface area contributed by atoms with Crippen LogP contribution in [0.1, 0.15) is 0 Å². The van der Waals surface area contributed by atoms with Crippen LogP contribution in [0.25, 0.3) is 0 Å². The smallest absolute Gasteiger partial charge is 0.261 e. The lowest BCUT2D eigenvalue weighted by molar-refractivity contribution is 0.0788. The Kier molecular flexibility index (Phi) is 4.04. The number of nitrogens with zero attached hydrogens (tertiary/aromatic N) is 1. The molecule has 0 aromatic heterocycles. The molecule has 1 aliphatic heterocycles. The van der Waals surface area contributed by atoms with Crippen molar-refractivity contribution >= 4 is 21.4 Å². The largest absolute Gasteiger partial charge is 0.378 e. The monoisotopic (exact) mass is 318 g/mol. The molecule has 6 heteroatoms. The van der Waals surface area contributed by atoms with E-state index in [1.165, 1.54) is 0 Å². The molecule has 3 rings (SSSR count). The van der Waals surface area contributed by atoms with Gasteiger partial charge < -0.3 is 9.64 Å². The van der Waals surface area contributed by atoms with Crippen molar-refractivity contribution in [2.45, 2.75) is 11.0 Å². The number of sulfonamides is 1. The van der Waals surface area contributed by atoms with Crippen LogP contribution in [0, 0.1) is 0 Å². The van der Waals surface area contributed by atoms with Crippen molar-refractivity contribution in [1.82, 2.24) is 0 Å². The van der Waals surface area contributed by atoms with Crippen molar-refractivity contribution in [2.24, 2.45) is 0 Å². The van der Waals surface area contributed by atoms with E-state index in [2.05, 4.69) is 9.62 Å². The lowest BCUT2D eigenvalue weighted by Crippen LogP contribution is -2.51. The molecule has 5 nitrogen and oxygen atoms in total. The molecule has 1 heterocycles. The lowest BCUT2D eigenvalue weighted by Gasteiger charge is -2.40. The van der Waals surface area contributed by atoms with Crippen LogP contribution in [0.15, 0.2) is 59.5 Å². The summed E-state index contributed by atoms with van der Waals surface area (Å²) in [6, 6.07) is 15.7. The first-order valence-corrected chi connectivity index (χ1v) is 8.52. The van der Waals surface area contributed by atoms with Gasteiger partial charge in [-0.1, -0.05) is 18.2 Å². The molecule has 116 valence electrons. The van der Waals surface area contributed by atoms with Gasteiger partial charge in [-0.2, -0.15) is 0 Å². The standard InChI is InChI=1S/C16H18N2O3S/c1-21-15-11-18(12-15)14-9-7-13(8-10-14)17-22(19,20)16-5-3-2-4-6-16/h2-10,15,17H,11-12H2,1H3. The van der Waals surface area contributed by atoms with Gasteiger partial charge in [-0.25, -0.2) is 8.42 Å². The molecule has 0 aliphatic carbocycles. The summed E-state index contributed by atoms with van der Waals surface area (Å²) < 4.78 is 32.3. The summed E-state index contributed by atoms with van der Waals surface area (Å²) in [5.41, 5.74) is 1.62. The Morgan fingerprint density at radius 3 is 2.27 bits per heavy atom. The summed E-state index contributed by atoms with van der Waals surface area (Å²) in [6.07, 6.45) is 0.288. The van der Waals surface area contributed by atoms with Gasteiger partial charge in [0.1, 0.15) is 0 Å². The number of rotatable bonds is 5. The van der Waals surface area contributed by atoms with Crippen LogP contribution in [0.3, 0.4) is 0 Å². The summed E-state index contributed by atoms with van der Waals surface area (Å²) in [5, 5.41) is 0. The van der Waals surface area contributed by atoms with Gasteiger partial charge in [0.2, 0.25) is 0 Å². The fourth-order valence-electron chi connectivity index (χ4n) is 2.35. The van der Waals surface area contributed by atoms with E-state index in [4.69, 9.17) is 4.74 Å². The predicted octanol–water partition coefficient (Wildman–Crippen LogP) is 2.32. The fourth-order valence-corrected chi connectivity index (χ4v) is 3.43. The molecular formula is C16H18N2O3S. The Bertz CT molecular complexity index is 724. The minimum absolute atomic E-state index is 0.254. The number of methoxy groups -OCH3 is 1. The lowest BCUT2D eigenvalue weighted by atomic mass is 10.1. The van der Waals surface area contributed by atoms with E-state index < -0.39 is 10.0 Å². The molecule has 0 spiro atoms. The van der Waals surface area contributed by atoms with Crippen LogP contribution >= 0.6 is 0 Å². The van der Waals surface area contributed by atoms with Crippen LogP contribution in [-0.2, 0) is 14.8 Å². The van der Waals surface area contributed by atoms with Gasteiger partial charge in [-0.05, 0) is 36.4 Å². The van der Waals surface area contributed by atoms with E-state index in [1.807, 2.05) is 12.1 Å². The van der Waals surface area contributed by atoms with Crippen LogP contribution in [0.4, 0.5) is 11.4 Å². The maximum atomic E-state index is 12.2. The molecule has 0 unspecified atom stereocenters. The molecule has 1 N–H and O–H groups in total. The third-order valence-electron chi connectivity index (χ3n) is 3.72. The van der Waals surface area contributed by atoms with Gasteiger partial charge >= 0.3 is 0 Å². The number of hydrogen-bond acceptors (Lipinski definition) is 4.